The van der Waals surface area contributed by atoms with Crippen LogP contribution in [0, 0.1) is 0 Å². The molecule has 0 saturated carbocycles. The molecule has 0 bridgehead atoms. The fourth-order valence-electron chi connectivity index (χ4n) is 1.03. The quantitative estimate of drug-likeness (QED) is 0.683. The van der Waals surface area contributed by atoms with Crippen molar-refractivity contribution >= 4 is 0 Å². The van der Waals surface area contributed by atoms with Crippen molar-refractivity contribution in [2.75, 3.05) is 27.4 Å². The number of hydrogen-bond donors (Lipinski definition) is 1. The average molecular weight is 175 g/mol. The van der Waals surface area contributed by atoms with E-state index in [9.17, 15) is 0 Å². The van der Waals surface area contributed by atoms with Gasteiger partial charge in [-0.05, 0) is 27.8 Å². The molecule has 0 heterocycles. The van der Waals surface area contributed by atoms with Crippen molar-refractivity contribution in [2.45, 2.75) is 32.4 Å². The second kappa shape index (κ2) is 4.80. The Hall–Kier alpha value is -0.120. The van der Waals surface area contributed by atoms with Gasteiger partial charge in [-0.25, -0.2) is 0 Å². The topological polar surface area (TPSA) is 32.7 Å². The van der Waals surface area contributed by atoms with Crippen LogP contribution >= 0.6 is 0 Å². The zero-order valence-electron chi connectivity index (χ0n) is 8.79. The molecule has 0 amide bonds. The third-order valence-electron chi connectivity index (χ3n) is 2.18. The molecule has 74 valence electrons. The van der Waals surface area contributed by atoms with Crippen LogP contribution in [0.15, 0.2) is 0 Å². The molecule has 0 saturated heterocycles. The minimum atomic E-state index is 0.0753. The maximum atomic E-state index is 9.07. The van der Waals surface area contributed by atoms with Gasteiger partial charge in [0.15, 0.2) is 0 Å². The highest BCUT2D eigenvalue weighted by Crippen LogP contribution is 2.13. The minimum Gasteiger partial charge on any atom is -0.395 e. The van der Waals surface area contributed by atoms with Crippen LogP contribution in [0.4, 0.5) is 0 Å². The van der Waals surface area contributed by atoms with E-state index in [2.05, 4.69) is 25.7 Å². The van der Waals surface area contributed by atoms with Gasteiger partial charge in [-0.15, -0.1) is 0 Å². The summed E-state index contributed by atoms with van der Waals surface area (Å²) in [5, 5.41) is 9.07. The SMILES string of the molecule is COCC(CO)N(C)C(C)(C)C. The number of hydrogen-bond acceptors (Lipinski definition) is 3. The van der Waals surface area contributed by atoms with Crippen LogP contribution in [-0.2, 0) is 4.74 Å². The van der Waals surface area contributed by atoms with Crippen LogP contribution in [0.3, 0.4) is 0 Å². The molecule has 12 heavy (non-hydrogen) atoms. The largest absolute Gasteiger partial charge is 0.395 e. The fraction of sp³-hybridized carbons (Fsp3) is 1.00. The Morgan fingerprint density at radius 2 is 1.92 bits per heavy atom. The summed E-state index contributed by atoms with van der Waals surface area (Å²) >= 11 is 0. The van der Waals surface area contributed by atoms with Gasteiger partial charge in [-0.1, -0.05) is 0 Å². The second-order valence-corrected chi connectivity index (χ2v) is 4.07. The maximum absolute atomic E-state index is 9.07. The summed E-state index contributed by atoms with van der Waals surface area (Å²) in [7, 11) is 3.65. The first-order valence-corrected chi connectivity index (χ1v) is 4.26. The Kier molecular flexibility index (Phi) is 4.75. The molecule has 3 nitrogen and oxygen atoms in total. The monoisotopic (exact) mass is 175 g/mol. The number of likely N-dealkylation sites (N-methyl/N-ethyl adjacent to an activating group) is 1. The molecule has 0 radical (unpaired) electrons. The van der Waals surface area contributed by atoms with Gasteiger partial charge < -0.3 is 9.84 Å². The lowest BCUT2D eigenvalue weighted by atomic mass is 10.0. The van der Waals surface area contributed by atoms with Crippen molar-refractivity contribution in [3.63, 3.8) is 0 Å². The summed E-state index contributed by atoms with van der Waals surface area (Å²) < 4.78 is 5.01. The Balaban J connectivity index is 4.11. The summed E-state index contributed by atoms with van der Waals surface area (Å²) in [6.45, 7) is 7.06. The predicted molar refractivity (Wildman–Crippen MR) is 50.3 cm³/mol. The highest BCUT2D eigenvalue weighted by molar-refractivity contribution is 4.79. The van der Waals surface area contributed by atoms with E-state index in [-0.39, 0.29) is 18.2 Å². The molecular formula is C9H21NO2. The lowest BCUT2D eigenvalue weighted by molar-refractivity contribution is 0.0213. The molecule has 0 spiro atoms. The van der Waals surface area contributed by atoms with Crippen molar-refractivity contribution in [1.82, 2.24) is 4.90 Å². The van der Waals surface area contributed by atoms with Crippen molar-refractivity contribution in [3.8, 4) is 0 Å². The lowest BCUT2D eigenvalue weighted by Crippen LogP contribution is -2.49. The number of rotatable bonds is 4. The summed E-state index contributed by atoms with van der Waals surface area (Å²) in [4.78, 5) is 2.12. The molecule has 0 aromatic heterocycles. The smallest absolute Gasteiger partial charge is 0.0640 e. The van der Waals surface area contributed by atoms with Gasteiger partial charge >= 0.3 is 0 Å². The highest BCUT2D eigenvalue weighted by atomic mass is 16.5. The van der Waals surface area contributed by atoms with Crippen molar-refractivity contribution < 1.29 is 9.84 Å². The molecule has 1 atom stereocenters. The normalized spacial score (nSPS) is 15.2. The minimum absolute atomic E-state index is 0.0753. The third-order valence-corrected chi connectivity index (χ3v) is 2.18. The molecular weight excluding hydrogens is 154 g/mol. The molecule has 0 aliphatic heterocycles. The van der Waals surface area contributed by atoms with Gasteiger partial charge in [0, 0.05) is 12.6 Å². The van der Waals surface area contributed by atoms with Gasteiger partial charge in [0.2, 0.25) is 0 Å². The van der Waals surface area contributed by atoms with E-state index in [1.54, 1.807) is 7.11 Å². The fourth-order valence-corrected chi connectivity index (χ4v) is 1.03. The third kappa shape index (κ3) is 3.52. The Morgan fingerprint density at radius 3 is 2.17 bits per heavy atom. The highest BCUT2D eigenvalue weighted by Gasteiger charge is 2.24. The molecule has 1 N–H and O–H groups in total. The maximum Gasteiger partial charge on any atom is 0.0640 e. The van der Waals surface area contributed by atoms with Gasteiger partial charge in [-0.3, -0.25) is 4.90 Å². The van der Waals surface area contributed by atoms with Crippen molar-refractivity contribution in [3.05, 3.63) is 0 Å². The number of nitrogens with zero attached hydrogens (tertiary/aromatic N) is 1. The molecule has 0 aromatic carbocycles. The first-order valence-electron chi connectivity index (χ1n) is 4.26. The molecule has 0 aliphatic carbocycles. The molecule has 0 aromatic rings. The van der Waals surface area contributed by atoms with Crippen LogP contribution < -0.4 is 0 Å². The molecule has 0 aliphatic rings. The first kappa shape index (κ1) is 11.9. The Labute approximate surface area is 75.3 Å². The van der Waals surface area contributed by atoms with Gasteiger partial charge in [0.05, 0.1) is 19.3 Å². The molecule has 3 heteroatoms. The van der Waals surface area contributed by atoms with Gasteiger partial charge in [0.25, 0.3) is 0 Å². The van der Waals surface area contributed by atoms with Crippen LogP contribution in [0.5, 0.6) is 0 Å². The second-order valence-electron chi connectivity index (χ2n) is 4.07. The molecule has 0 rings (SSSR count). The number of aliphatic hydroxyl groups excluding tert-OH is 1. The predicted octanol–water partition coefficient (Wildman–Crippen LogP) is 0.724. The first-order chi connectivity index (χ1) is 5.43. The van der Waals surface area contributed by atoms with Crippen LogP contribution in [0.25, 0.3) is 0 Å². The van der Waals surface area contributed by atoms with E-state index in [4.69, 9.17) is 9.84 Å². The van der Waals surface area contributed by atoms with Crippen molar-refractivity contribution in [1.29, 1.82) is 0 Å². The van der Waals surface area contributed by atoms with E-state index in [0.717, 1.165) is 0 Å². The summed E-state index contributed by atoms with van der Waals surface area (Å²) in [6, 6.07) is 0.0926. The zero-order chi connectivity index (χ0) is 9.78. The Bertz CT molecular complexity index is 120. The summed E-state index contributed by atoms with van der Waals surface area (Å²) in [6.07, 6.45) is 0. The zero-order valence-corrected chi connectivity index (χ0v) is 8.79. The van der Waals surface area contributed by atoms with E-state index in [1.807, 2.05) is 7.05 Å². The number of ether oxygens (including phenoxy) is 1. The van der Waals surface area contributed by atoms with Gasteiger partial charge in [-0.2, -0.15) is 0 Å². The van der Waals surface area contributed by atoms with E-state index < -0.39 is 0 Å². The van der Waals surface area contributed by atoms with Crippen LogP contribution in [0.2, 0.25) is 0 Å². The number of aliphatic hydroxyl groups is 1. The number of methoxy groups -OCH3 is 1. The van der Waals surface area contributed by atoms with Crippen LogP contribution in [0.1, 0.15) is 20.8 Å². The average Bonchev–Trinajstić information content (AvgIpc) is 1.97. The summed E-state index contributed by atoms with van der Waals surface area (Å²) in [5.41, 5.74) is 0.0753. The van der Waals surface area contributed by atoms with Gasteiger partial charge in [0.1, 0.15) is 0 Å². The van der Waals surface area contributed by atoms with E-state index >= 15 is 0 Å². The van der Waals surface area contributed by atoms with E-state index in [1.165, 1.54) is 0 Å². The van der Waals surface area contributed by atoms with Crippen molar-refractivity contribution in [2.24, 2.45) is 0 Å². The molecule has 1 unspecified atom stereocenters. The standard InChI is InChI=1S/C9H21NO2/c1-9(2,3)10(4)8(6-11)7-12-5/h8,11H,6-7H2,1-5H3. The molecule has 0 fully saturated rings. The van der Waals surface area contributed by atoms with E-state index in [0.29, 0.717) is 6.61 Å². The van der Waals surface area contributed by atoms with Crippen LogP contribution in [-0.4, -0.2) is 49.0 Å². The Morgan fingerprint density at radius 1 is 1.42 bits per heavy atom. The lowest BCUT2D eigenvalue weighted by Gasteiger charge is -2.37. The summed E-state index contributed by atoms with van der Waals surface area (Å²) in [5.74, 6) is 0.